The lowest BCUT2D eigenvalue weighted by atomic mass is 10.1. The number of carbonyl (C=O) groups excluding carboxylic acids is 2. The predicted octanol–water partition coefficient (Wildman–Crippen LogP) is 5.41. The standard InChI is InChI=1S/C21H32O4/c1-4-7-8-9-10-15-24-20(22)18-11-13-19(14-12-18)21(23)25-16-17(5-2)6-3/h11-14,17H,4-10,15-16H2,1-3H3. The van der Waals surface area contributed by atoms with Crippen molar-refractivity contribution in [2.75, 3.05) is 13.2 Å². The summed E-state index contributed by atoms with van der Waals surface area (Å²) in [6.45, 7) is 7.24. The number of esters is 2. The Hall–Kier alpha value is -1.84. The molecule has 25 heavy (non-hydrogen) atoms. The van der Waals surface area contributed by atoms with Crippen LogP contribution in [0.4, 0.5) is 0 Å². The number of hydrogen-bond donors (Lipinski definition) is 0. The zero-order chi connectivity index (χ0) is 18.5. The number of benzene rings is 1. The molecule has 1 aromatic rings. The Kier molecular flexibility index (Phi) is 10.6. The summed E-state index contributed by atoms with van der Waals surface area (Å²) >= 11 is 0. The van der Waals surface area contributed by atoms with Crippen molar-refractivity contribution in [2.45, 2.75) is 65.7 Å². The molecule has 0 amide bonds. The van der Waals surface area contributed by atoms with Crippen molar-refractivity contribution < 1.29 is 19.1 Å². The van der Waals surface area contributed by atoms with Crippen molar-refractivity contribution >= 4 is 11.9 Å². The first-order valence-corrected chi connectivity index (χ1v) is 9.56. The van der Waals surface area contributed by atoms with Crippen LogP contribution in [-0.4, -0.2) is 25.2 Å². The Morgan fingerprint density at radius 3 is 1.84 bits per heavy atom. The fourth-order valence-corrected chi connectivity index (χ4v) is 2.50. The van der Waals surface area contributed by atoms with Crippen LogP contribution < -0.4 is 0 Å². The fraction of sp³-hybridized carbons (Fsp3) is 0.619. The molecule has 0 aliphatic carbocycles. The zero-order valence-electron chi connectivity index (χ0n) is 15.9. The third kappa shape index (κ3) is 8.19. The summed E-state index contributed by atoms with van der Waals surface area (Å²) in [4.78, 5) is 24.0. The number of ether oxygens (including phenoxy) is 2. The summed E-state index contributed by atoms with van der Waals surface area (Å²) in [6, 6.07) is 6.47. The quantitative estimate of drug-likeness (QED) is 0.374. The molecule has 0 heterocycles. The molecule has 4 heteroatoms. The third-order valence-corrected chi connectivity index (χ3v) is 4.44. The maximum Gasteiger partial charge on any atom is 0.338 e. The molecular weight excluding hydrogens is 316 g/mol. The summed E-state index contributed by atoms with van der Waals surface area (Å²) in [5, 5.41) is 0. The molecule has 4 nitrogen and oxygen atoms in total. The van der Waals surface area contributed by atoms with Crippen LogP contribution in [0.1, 0.15) is 86.4 Å². The van der Waals surface area contributed by atoms with Gasteiger partial charge in [-0.15, -0.1) is 0 Å². The van der Waals surface area contributed by atoms with E-state index in [1.54, 1.807) is 24.3 Å². The largest absolute Gasteiger partial charge is 0.462 e. The third-order valence-electron chi connectivity index (χ3n) is 4.44. The second kappa shape index (κ2) is 12.5. The van der Waals surface area contributed by atoms with E-state index in [9.17, 15) is 9.59 Å². The summed E-state index contributed by atoms with van der Waals surface area (Å²) < 4.78 is 10.6. The van der Waals surface area contributed by atoms with Gasteiger partial charge in [-0.25, -0.2) is 9.59 Å². The molecule has 0 fully saturated rings. The fourth-order valence-electron chi connectivity index (χ4n) is 2.50. The highest BCUT2D eigenvalue weighted by molar-refractivity contribution is 5.93. The van der Waals surface area contributed by atoms with Gasteiger partial charge < -0.3 is 9.47 Å². The summed E-state index contributed by atoms with van der Waals surface area (Å²) in [5.41, 5.74) is 0.923. The Balaban J connectivity index is 2.39. The normalized spacial score (nSPS) is 10.7. The van der Waals surface area contributed by atoms with Crippen molar-refractivity contribution in [1.82, 2.24) is 0 Å². The van der Waals surface area contributed by atoms with Crippen LogP contribution in [0.2, 0.25) is 0 Å². The summed E-state index contributed by atoms with van der Waals surface area (Å²) in [6.07, 6.45) is 7.57. The predicted molar refractivity (Wildman–Crippen MR) is 99.8 cm³/mol. The molecule has 0 aliphatic heterocycles. The van der Waals surface area contributed by atoms with E-state index < -0.39 is 0 Å². The van der Waals surface area contributed by atoms with E-state index in [1.807, 2.05) is 0 Å². The highest BCUT2D eigenvalue weighted by atomic mass is 16.5. The highest BCUT2D eigenvalue weighted by Crippen LogP contribution is 2.12. The Bertz CT molecular complexity index is 503. The first-order valence-electron chi connectivity index (χ1n) is 9.56. The second-order valence-corrected chi connectivity index (χ2v) is 6.41. The van der Waals surface area contributed by atoms with E-state index in [1.165, 1.54) is 19.3 Å². The number of carbonyl (C=O) groups is 2. The van der Waals surface area contributed by atoms with Gasteiger partial charge in [0.1, 0.15) is 0 Å². The molecule has 1 aromatic carbocycles. The molecule has 0 radical (unpaired) electrons. The van der Waals surface area contributed by atoms with Gasteiger partial charge in [0.15, 0.2) is 0 Å². The molecule has 0 spiro atoms. The highest BCUT2D eigenvalue weighted by Gasteiger charge is 2.12. The molecule has 1 rings (SSSR count). The molecule has 140 valence electrons. The van der Waals surface area contributed by atoms with E-state index in [4.69, 9.17) is 9.47 Å². The maximum absolute atomic E-state index is 12.0. The van der Waals surface area contributed by atoms with Crippen molar-refractivity contribution in [3.8, 4) is 0 Å². The average Bonchev–Trinajstić information content (AvgIpc) is 2.65. The van der Waals surface area contributed by atoms with Gasteiger partial charge in [0.2, 0.25) is 0 Å². The SMILES string of the molecule is CCCCCCCOC(=O)c1ccc(C(=O)OCC(CC)CC)cc1. The van der Waals surface area contributed by atoms with E-state index in [0.717, 1.165) is 25.7 Å². The van der Waals surface area contributed by atoms with Gasteiger partial charge >= 0.3 is 11.9 Å². The lowest BCUT2D eigenvalue weighted by molar-refractivity contribution is 0.0430. The lowest BCUT2D eigenvalue weighted by Crippen LogP contribution is -2.13. The molecule has 0 saturated heterocycles. The number of hydrogen-bond acceptors (Lipinski definition) is 4. The number of rotatable bonds is 12. The van der Waals surface area contributed by atoms with E-state index in [0.29, 0.717) is 30.3 Å². The van der Waals surface area contributed by atoms with Gasteiger partial charge in [-0.1, -0.05) is 59.3 Å². The van der Waals surface area contributed by atoms with Gasteiger partial charge in [-0.2, -0.15) is 0 Å². The minimum absolute atomic E-state index is 0.340. The summed E-state index contributed by atoms with van der Waals surface area (Å²) in [7, 11) is 0. The van der Waals surface area contributed by atoms with Crippen LogP contribution in [0.3, 0.4) is 0 Å². The monoisotopic (exact) mass is 348 g/mol. The van der Waals surface area contributed by atoms with Crippen LogP contribution >= 0.6 is 0 Å². The van der Waals surface area contributed by atoms with Crippen LogP contribution in [0, 0.1) is 5.92 Å². The van der Waals surface area contributed by atoms with E-state index in [-0.39, 0.29) is 11.9 Å². The van der Waals surface area contributed by atoms with Crippen molar-refractivity contribution in [1.29, 1.82) is 0 Å². The van der Waals surface area contributed by atoms with E-state index in [2.05, 4.69) is 20.8 Å². The molecule has 0 bridgehead atoms. The van der Waals surface area contributed by atoms with Crippen molar-refractivity contribution in [3.63, 3.8) is 0 Å². The maximum atomic E-state index is 12.0. The Morgan fingerprint density at radius 2 is 1.32 bits per heavy atom. The Morgan fingerprint density at radius 1 is 0.800 bits per heavy atom. The lowest BCUT2D eigenvalue weighted by Gasteiger charge is -2.12. The molecular formula is C21H32O4. The minimum atomic E-state index is -0.345. The van der Waals surface area contributed by atoms with E-state index >= 15 is 0 Å². The van der Waals surface area contributed by atoms with Crippen LogP contribution in [0.25, 0.3) is 0 Å². The smallest absolute Gasteiger partial charge is 0.338 e. The van der Waals surface area contributed by atoms with Crippen molar-refractivity contribution in [2.24, 2.45) is 5.92 Å². The van der Waals surface area contributed by atoms with Gasteiger partial charge in [0.05, 0.1) is 24.3 Å². The van der Waals surface area contributed by atoms with Gasteiger partial charge in [0.25, 0.3) is 0 Å². The topological polar surface area (TPSA) is 52.6 Å². The van der Waals surface area contributed by atoms with Gasteiger partial charge in [-0.05, 0) is 36.6 Å². The number of unbranched alkanes of at least 4 members (excludes halogenated alkanes) is 4. The first kappa shape index (κ1) is 21.2. The molecule has 0 aliphatic rings. The second-order valence-electron chi connectivity index (χ2n) is 6.41. The van der Waals surface area contributed by atoms with Crippen LogP contribution in [0.5, 0.6) is 0 Å². The zero-order valence-corrected chi connectivity index (χ0v) is 15.9. The average molecular weight is 348 g/mol. The van der Waals surface area contributed by atoms with Crippen molar-refractivity contribution in [3.05, 3.63) is 35.4 Å². The molecule has 0 saturated carbocycles. The Labute approximate surface area is 151 Å². The van der Waals surface area contributed by atoms with Gasteiger partial charge in [0, 0.05) is 0 Å². The molecule has 0 N–H and O–H groups in total. The molecule has 0 unspecified atom stereocenters. The first-order chi connectivity index (χ1) is 12.1. The van der Waals surface area contributed by atoms with Crippen LogP contribution in [-0.2, 0) is 9.47 Å². The van der Waals surface area contributed by atoms with Crippen LogP contribution in [0.15, 0.2) is 24.3 Å². The summed E-state index contributed by atoms with van der Waals surface area (Å²) in [5.74, 6) is -0.286. The minimum Gasteiger partial charge on any atom is -0.462 e. The van der Waals surface area contributed by atoms with Gasteiger partial charge in [-0.3, -0.25) is 0 Å². The molecule has 0 atom stereocenters. The molecule has 0 aromatic heterocycles.